The van der Waals surface area contributed by atoms with Crippen molar-refractivity contribution in [2.24, 2.45) is 0 Å². The smallest absolute Gasteiger partial charge is 0.303 e. The minimum Gasteiger partial charge on any atom is -0.481 e. The molecule has 3 aromatic carbocycles. The van der Waals surface area contributed by atoms with Crippen LogP contribution in [0.2, 0.25) is 0 Å². The molecule has 0 saturated carbocycles. The van der Waals surface area contributed by atoms with E-state index in [-0.39, 0.29) is 31.1 Å². The molecule has 0 spiro atoms. The number of amides is 1. The molecule has 0 unspecified atom stereocenters. The van der Waals surface area contributed by atoms with Crippen LogP contribution in [0.3, 0.4) is 0 Å². The van der Waals surface area contributed by atoms with E-state index in [0.29, 0.717) is 31.4 Å². The number of aliphatic hydroxyl groups is 1. The highest BCUT2D eigenvalue weighted by molar-refractivity contribution is 5.90. The van der Waals surface area contributed by atoms with Crippen LogP contribution in [0.15, 0.2) is 78.9 Å². The van der Waals surface area contributed by atoms with E-state index in [1.54, 1.807) is 0 Å². The van der Waals surface area contributed by atoms with Crippen molar-refractivity contribution in [1.29, 1.82) is 0 Å². The Morgan fingerprint density at radius 2 is 1.42 bits per heavy atom. The van der Waals surface area contributed by atoms with E-state index in [1.807, 2.05) is 48.5 Å². The SMILES string of the molecule is O=C(O)CCCCCC(=O)Nc1ccc([C@H]2O[C@@H](CN3CCN(Cc4ccccc4)CC3)C[C@@H](c3ccc(CO)cc3)O2)cc1. The number of ether oxygens (including phenoxy) is 2. The third-order valence-corrected chi connectivity index (χ3v) is 8.55. The van der Waals surface area contributed by atoms with Gasteiger partial charge in [0.25, 0.3) is 0 Å². The molecule has 0 aliphatic carbocycles. The summed E-state index contributed by atoms with van der Waals surface area (Å²) in [4.78, 5) is 28.0. The molecule has 2 aliphatic heterocycles. The first-order chi connectivity index (χ1) is 21.9. The Morgan fingerprint density at radius 3 is 2.11 bits per heavy atom. The van der Waals surface area contributed by atoms with Gasteiger partial charge in [0.05, 0.1) is 18.8 Å². The van der Waals surface area contributed by atoms with E-state index in [0.717, 1.165) is 62.4 Å². The molecule has 2 saturated heterocycles. The van der Waals surface area contributed by atoms with Crippen LogP contribution in [0.1, 0.15) is 73.2 Å². The average molecular weight is 616 g/mol. The van der Waals surface area contributed by atoms with Gasteiger partial charge in [0.15, 0.2) is 6.29 Å². The molecule has 3 aromatic rings. The highest BCUT2D eigenvalue weighted by atomic mass is 16.7. The van der Waals surface area contributed by atoms with Crippen LogP contribution in [-0.4, -0.2) is 70.7 Å². The van der Waals surface area contributed by atoms with Gasteiger partial charge in [-0.25, -0.2) is 0 Å². The molecule has 9 nitrogen and oxygen atoms in total. The van der Waals surface area contributed by atoms with Crippen molar-refractivity contribution in [2.45, 2.75) is 70.2 Å². The molecule has 0 bridgehead atoms. The number of aliphatic carboxylic acids is 1. The summed E-state index contributed by atoms with van der Waals surface area (Å²) in [7, 11) is 0. The first-order valence-corrected chi connectivity index (χ1v) is 16.1. The van der Waals surface area contributed by atoms with Crippen LogP contribution in [0, 0.1) is 0 Å². The molecular formula is C36H45N3O6. The largest absolute Gasteiger partial charge is 0.481 e. The fourth-order valence-electron chi connectivity index (χ4n) is 5.98. The molecule has 240 valence electrons. The van der Waals surface area contributed by atoms with Gasteiger partial charge >= 0.3 is 5.97 Å². The van der Waals surface area contributed by atoms with Crippen LogP contribution < -0.4 is 5.32 Å². The lowest BCUT2D eigenvalue weighted by atomic mass is 9.99. The molecule has 45 heavy (non-hydrogen) atoms. The number of carboxylic acid groups (broad SMARTS) is 1. The normalized spacial score (nSPS) is 21.0. The molecular weight excluding hydrogens is 570 g/mol. The van der Waals surface area contributed by atoms with Gasteiger partial charge in [-0.15, -0.1) is 0 Å². The van der Waals surface area contributed by atoms with E-state index in [9.17, 15) is 14.7 Å². The predicted molar refractivity (Wildman–Crippen MR) is 172 cm³/mol. The summed E-state index contributed by atoms with van der Waals surface area (Å²) in [6.07, 6.45) is 2.45. The number of benzene rings is 3. The summed E-state index contributed by atoms with van der Waals surface area (Å²) in [5.74, 6) is -0.890. The number of unbranched alkanes of at least 4 members (excludes halogenated alkanes) is 2. The van der Waals surface area contributed by atoms with Crippen molar-refractivity contribution in [2.75, 3.05) is 38.0 Å². The van der Waals surface area contributed by atoms with Gasteiger partial charge in [0.2, 0.25) is 5.91 Å². The van der Waals surface area contributed by atoms with E-state index in [2.05, 4.69) is 45.4 Å². The average Bonchev–Trinajstić information content (AvgIpc) is 3.06. The fourth-order valence-corrected chi connectivity index (χ4v) is 5.98. The molecule has 0 radical (unpaired) electrons. The number of carbonyl (C=O) groups is 2. The Labute approximate surface area is 265 Å². The monoisotopic (exact) mass is 615 g/mol. The number of rotatable bonds is 14. The van der Waals surface area contributed by atoms with Crippen molar-refractivity contribution in [3.05, 3.63) is 101 Å². The molecule has 3 atom stereocenters. The molecule has 9 heteroatoms. The van der Waals surface area contributed by atoms with Crippen molar-refractivity contribution in [3.8, 4) is 0 Å². The molecule has 0 aromatic heterocycles. The molecule has 1 amide bonds. The van der Waals surface area contributed by atoms with Gasteiger partial charge in [0, 0.05) is 69.8 Å². The van der Waals surface area contributed by atoms with Crippen LogP contribution in [0.25, 0.3) is 0 Å². The zero-order valence-electron chi connectivity index (χ0n) is 25.9. The molecule has 2 heterocycles. The number of hydrogen-bond acceptors (Lipinski definition) is 7. The fraction of sp³-hybridized carbons (Fsp3) is 0.444. The number of carbonyl (C=O) groups excluding carboxylic acids is 1. The summed E-state index contributed by atoms with van der Waals surface area (Å²) in [5.41, 5.74) is 4.85. The number of aliphatic hydroxyl groups excluding tert-OH is 1. The Kier molecular flexibility index (Phi) is 12.1. The van der Waals surface area contributed by atoms with Gasteiger partial charge < -0.3 is 25.0 Å². The lowest BCUT2D eigenvalue weighted by Crippen LogP contribution is -2.49. The molecule has 2 fully saturated rings. The van der Waals surface area contributed by atoms with Gasteiger partial charge in [-0.05, 0) is 41.7 Å². The second-order valence-electron chi connectivity index (χ2n) is 12.0. The number of anilines is 1. The molecule has 2 aliphatic rings. The third-order valence-electron chi connectivity index (χ3n) is 8.55. The van der Waals surface area contributed by atoms with Gasteiger partial charge in [0.1, 0.15) is 0 Å². The van der Waals surface area contributed by atoms with Gasteiger partial charge in [-0.1, -0.05) is 73.2 Å². The summed E-state index contributed by atoms with van der Waals surface area (Å²) >= 11 is 0. The molecule has 3 N–H and O–H groups in total. The summed E-state index contributed by atoms with van der Waals surface area (Å²) in [6, 6.07) is 26.1. The summed E-state index contributed by atoms with van der Waals surface area (Å²) in [5, 5.41) is 21.2. The number of nitrogens with zero attached hydrogens (tertiary/aromatic N) is 2. The van der Waals surface area contributed by atoms with Crippen molar-refractivity contribution < 1.29 is 29.3 Å². The first kappa shape index (κ1) is 32.8. The van der Waals surface area contributed by atoms with Crippen molar-refractivity contribution >= 4 is 17.6 Å². The van der Waals surface area contributed by atoms with E-state index < -0.39 is 12.3 Å². The Balaban J connectivity index is 1.18. The minimum absolute atomic E-state index is 0.00399. The maximum absolute atomic E-state index is 12.4. The first-order valence-electron chi connectivity index (χ1n) is 16.1. The van der Waals surface area contributed by atoms with E-state index >= 15 is 0 Å². The number of hydrogen-bond donors (Lipinski definition) is 3. The maximum Gasteiger partial charge on any atom is 0.303 e. The minimum atomic E-state index is -0.805. The Hall–Kier alpha value is -3.60. The van der Waals surface area contributed by atoms with Crippen molar-refractivity contribution in [3.63, 3.8) is 0 Å². The highest BCUT2D eigenvalue weighted by Crippen LogP contribution is 2.38. The summed E-state index contributed by atoms with van der Waals surface area (Å²) in [6.45, 7) is 5.81. The van der Waals surface area contributed by atoms with Crippen LogP contribution in [-0.2, 0) is 32.2 Å². The van der Waals surface area contributed by atoms with Gasteiger partial charge in [-0.2, -0.15) is 0 Å². The van der Waals surface area contributed by atoms with Crippen LogP contribution >= 0.6 is 0 Å². The quantitative estimate of drug-likeness (QED) is 0.204. The van der Waals surface area contributed by atoms with Gasteiger partial charge in [-0.3, -0.25) is 19.4 Å². The second-order valence-corrected chi connectivity index (χ2v) is 12.0. The predicted octanol–water partition coefficient (Wildman–Crippen LogP) is 5.52. The standard InChI is InChI=1S/C36H45N3O6/c40-26-28-11-13-29(14-12-28)33-23-32(25-39-21-19-38(20-22-39)24-27-7-3-1-4-8-27)44-36(45-33)30-15-17-31(18-16-30)37-34(41)9-5-2-6-10-35(42)43/h1,3-4,7-8,11-18,32-33,36,40H,2,5-6,9-10,19-26H2,(H,37,41)(H,42,43)/t32-,33+,36+/m1/s1. The lowest BCUT2D eigenvalue weighted by molar-refractivity contribution is -0.253. The lowest BCUT2D eigenvalue weighted by Gasteiger charge is -2.40. The van der Waals surface area contributed by atoms with Crippen LogP contribution in [0.5, 0.6) is 0 Å². The van der Waals surface area contributed by atoms with Crippen LogP contribution in [0.4, 0.5) is 5.69 Å². The third kappa shape index (κ3) is 10.2. The Bertz CT molecular complexity index is 1340. The van der Waals surface area contributed by atoms with Crippen molar-refractivity contribution in [1.82, 2.24) is 9.80 Å². The Morgan fingerprint density at radius 1 is 0.756 bits per heavy atom. The number of carboxylic acids is 1. The zero-order valence-corrected chi connectivity index (χ0v) is 25.9. The molecule has 5 rings (SSSR count). The van der Waals surface area contributed by atoms with E-state index in [4.69, 9.17) is 14.6 Å². The maximum atomic E-state index is 12.4. The topological polar surface area (TPSA) is 112 Å². The summed E-state index contributed by atoms with van der Waals surface area (Å²) < 4.78 is 13.1. The second kappa shape index (κ2) is 16.6. The number of nitrogens with one attached hydrogen (secondary N) is 1. The highest BCUT2D eigenvalue weighted by Gasteiger charge is 2.33. The zero-order chi connectivity index (χ0) is 31.4. The van der Waals surface area contributed by atoms with E-state index in [1.165, 1.54) is 5.56 Å². The number of piperazine rings is 1.